The lowest BCUT2D eigenvalue weighted by Crippen LogP contribution is -2.49. The first-order valence-electron chi connectivity index (χ1n) is 8.66. The molecular weight excluding hydrogens is 248 g/mol. The molecular formula is C18H32O2. The Labute approximate surface area is 124 Å². The van der Waals surface area contributed by atoms with Crippen LogP contribution in [-0.4, -0.2) is 18.0 Å². The number of carbonyl (C=O) groups excluding carboxylic acids is 1. The Balaban J connectivity index is 2.10. The van der Waals surface area contributed by atoms with Gasteiger partial charge in [0.2, 0.25) is 0 Å². The van der Waals surface area contributed by atoms with Crippen LogP contribution < -0.4 is 0 Å². The van der Waals surface area contributed by atoms with E-state index in [1.54, 1.807) is 0 Å². The first-order chi connectivity index (χ1) is 9.48. The van der Waals surface area contributed by atoms with Gasteiger partial charge in [-0.25, -0.2) is 0 Å². The maximum atomic E-state index is 13.1. The normalized spacial score (nSPS) is 42.4. The molecule has 2 saturated carbocycles. The number of ketones is 1. The molecule has 5 atom stereocenters. The predicted octanol–water partition coefficient (Wildman–Crippen LogP) is 4.61. The van der Waals surface area contributed by atoms with Crippen molar-refractivity contribution in [3.8, 4) is 0 Å². The third kappa shape index (κ3) is 3.27. The molecule has 0 bridgehead atoms. The molecule has 116 valence electrons. The van der Waals surface area contributed by atoms with Crippen molar-refractivity contribution in [2.75, 3.05) is 6.61 Å². The van der Waals surface area contributed by atoms with E-state index < -0.39 is 5.60 Å². The highest BCUT2D eigenvalue weighted by Gasteiger charge is 2.46. The van der Waals surface area contributed by atoms with Crippen LogP contribution in [0.15, 0.2) is 0 Å². The van der Waals surface area contributed by atoms with E-state index in [4.69, 9.17) is 4.74 Å². The highest BCUT2D eigenvalue weighted by atomic mass is 16.5. The van der Waals surface area contributed by atoms with Gasteiger partial charge < -0.3 is 4.74 Å². The lowest BCUT2D eigenvalue weighted by Gasteiger charge is -2.42. The summed E-state index contributed by atoms with van der Waals surface area (Å²) < 4.78 is 6.07. The van der Waals surface area contributed by atoms with Crippen LogP contribution in [0.25, 0.3) is 0 Å². The summed E-state index contributed by atoms with van der Waals surface area (Å²) in [7, 11) is 0. The van der Waals surface area contributed by atoms with E-state index in [2.05, 4.69) is 20.8 Å². The van der Waals surface area contributed by atoms with Crippen molar-refractivity contribution >= 4 is 5.78 Å². The van der Waals surface area contributed by atoms with Crippen molar-refractivity contribution < 1.29 is 9.53 Å². The van der Waals surface area contributed by atoms with Gasteiger partial charge in [-0.1, -0.05) is 27.2 Å². The van der Waals surface area contributed by atoms with Gasteiger partial charge in [-0.2, -0.15) is 0 Å². The average molecular weight is 280 g/mol. The average Bonchev–Trinajstić information content (AvgIpc) is 2.41. The third-order valence-corrected chi connectivity index (χ3v) is 5.79. The van der Waals surface area contributed by atoms with Gasteiger partial charge in [0.15, 0.2) is 5.78 Å². The molecule has 0 spiro atoms. The SMILES string of the molecule is CCOC1(C(=O)C2CCC(C)C(C)C2)CCCC(C)C1. The zero-order chi connectivity index (χ0) is 14.8. The molecule has 0 aromatic rings. The number of ether oxygens (including phenoxy) is 1. The van der Waals surface area contributed by atoms with Gasteiger partial charge in [0.1, 0.15) is 5.60 Å². The second-order valence-electron chi connectivity index (χ2n) is 7.46. The number of Topliss-reactive ketones (excluding diaryl/α,β-unsaturated/α-hetero) is 1. The zero-order valence-corrected chi connectivity index (χ0v) is 13.8. The van der Waals surface area contributed by atoms with Gasteiger partial charge in [-0.05, 0) is 63.2 Å². The van der Waals surface area contributed by atoms with Crippen LogP contribution >= 0.6 is 0 Å². The van der Waals surface area contributed by atoms with Crippen LogP contribution in [0.5, 0.6) is 0 Å². The minimum absolute atomic E-state index is 0.248. The quantitative estimate of drug-likeness (QED) is 0.751. The molecule has 0 radical (unpaired) electrons. The van der Waals surface area contributed by atoms with E-state index in [0.717, 1.165) is 38.0 Å². The van der Waals surface area contributed by atoms with Crippen molar-refractivity contribution in [3.63, 3.8) is 0 Å². The minimum Gasteiger partial charge on any atom is -0.367 e. The van der Waals surface area contributed by atoms with Crippen molar-refractivity contribution in [2.45, 2.75) is 78.2 Å². The maximum absolute atomic E-state index is 13.1. The Kier molecular flexibility index (Phi) is 5.28. The van der Waals surface area contributed by atoms with Crippen LogP contribution in [0.4, 0.5) is 0 Å². The molecule has 0 aromatic carbocycles. The summed E-state index contributed by atoms with van der Waals surface area (Å²) in [6.45, 7) is 9.59. The van der Waals surface area contributed by atoms with Gasteiger partial charge in [0, 0.05) is 12.5 Å². The summed E-state index contributed by atoms with van der Waals surface area (Å²) >= 11 is 0. The first-order valence-corrected chi connectivity index (χ1v) is 8.66. The fourth-order valence-electron chi connectivity index (χ4n) is 4.36. The van der Waals surface area contributed by atoms with Crippen LogP contribution in [0.2, 0.25) is 0 Å². The van der Waals surface area contributed by atoms with Gasteiger partial charge in [0.25, 0.3) is 0 Å². The number of carbonyl (C=O) groups is 1. The second kappa shape index (κ2) is 6.60. The number of hydrogen-bond acceptors (Lipinski definition) is 2. The highest BCUT2D eigenvalue weighted by molar-refractivity contribution is 5.89. The van der Waals surface area contributed by atoms with Gasteiger partial charge in [-0.15, -0.1) is 0 Å². The van der Waals surface area contributed by atoms with Gasteiger partial charge >= 0.3 is 0 Å². The zero-order valence-electron chi connectivity index (χ0n) is 13.8. The van der Waals surface area contributed by atoms with Crippen LogP contribution in [-0.2, 0) is 9.53 Å². The van der Waals surface area contributed by atoms with Crippen LogP contribution in [0.1, 0.15) is 72.6 Å². The fraction of sp³-hybridized carbons (Fsp3) is 0.944. The standard InChI is InChI=1S/C18H32O2/c1-5-20-18(10-6-7-13(2)12-18)17(19)16-9-8-14(3)15(4)11-16/h13-16H,5-12H2,1-4H3. The molecule has 0 amide bonds. The predicted molar refractivity (Wildman–Crippen MR) is 82.7 cm³/mol. The topological polar surface area (TPSA) is 26.3 Å². The summed E-state index contributed by atoms with van der Waals surface area (Å²) in [5.74, 6) is 2.76. The molecule has 0 N–H and O–H groups in total. The maximum Gasteiger partial charge on any atom is 0.167 e. The summed E-state index contributed by atoms with van der Waals surface area (Å²) in [4.78, 5) is 13.1. The molecule has 2 fully saturated rings. The van der Waals surface area contributed by atoms with E-state index in [1.165, 1.54) is 12.8 Å². The van der Waals surface area contributed by atoms with Gasteiger partial charge in [0.05, 0.1) is 0 Å². The molecule has 2 aliphatic rings. The summed E-state index contributed by atoms with van der Waals surface area (Å²) in [5, 5.41) is 0. The van der Waals surface area contributed by atoms with Crippen LogP contribution in [0.3, 0.4) is 0 Å². The Morgan fingerprint density at radius 2 is 1.90 bits per heavy atom. The first kappa shape index (κ1) is 16.0. The van der Waals surface area contributed by atoms with Crippen molar-refractivity contribution in [1.29, 1.82) is 0 Å². The fourth-order valence-corrected chi connectivity index (χ4v) is 4.36. The summed E-state index contributed by atoms with van der Waals surface area (Å²) in [5.41, 5.74) is -0.447. The highest BCUT2D eigenvalue weighted by Crippen LogP contribution is 2.42. The van der Waals surface area contributed by atoms with E-state index in [1.807, 2.05) is 6.92 Å². The largest absolute Gasteiger partial charge is 0.367 e. The minimum atomic E-state index is -0.447. The van der Waals surface area contributed by atoms with E-state index in [9.17, 15) is 4.79 Å². The monoisotopic (exact) mass is 280 g/mol. The Bertz CT molecular complexity index is 334. The Morgan fingerprint density at radius 3 is 2.50 bits per heavy atom. The van der Waals surface area contributed by atoms with E-state index in [0.29, 0.717) is 24.2 Å². The number of hydrogen-bond donors (Lipinski definition) is 0. The van der Waals surface area contributed by atoms with Crippen LogP contribution in [0, 0.1) is 23.7 Å². The molecule has 0 heterocycles. The molecule has 20 heavy (non-hydrogen) atoms. The van der Waals surface area contributed by atoms with Crippen molar-refractivity contribution in [2.24, 2.45) is 23.7 Å². The molecule has 2 rings (SSSR count). The van der Waals surface area contributed by atoms with Crippen molar-refractivity contribution in [1.82, 2.24) is 0 Å². The Hall–Kier alpha value is -0.370. The smallest absolute Gasteiger partial charge is 0.167 e. The summed E-state index contributed by atoms with van der Waals surface area (Å²) in [6.07, 6.45) is 7.64. The van der Waals surface area contributed by atoms with Crippen molar-refractivity contribution in [3.05, 3.63) is 0 Å². The lowest BCUT2D eigenvalue weighted by atomic mass is 9.67. The Morgan fingerprint density at radius 1 is 1.15 bits per heavy atom. The third-order valence-electron chi connectivity index (χ3n) is 5.79. The summed E-state index contributed by atoms with van der Waals surface area (Å²) in [6, 6.07) is 0. The molecule has 5 unspecified atom stereocenters. The molecule has 0 aromatic heterocycles. The lowest BCUT2D eigenvalue weighted by molar-refractivity contribution is -0.157. The van der Waals surface area contributed by atoms with E-state index >= 15 is 0 Å². The molecule has 0 saturated heterocycles. The molecule has 2 heteroatoms. The molecule has 2 nitrogen and oxygen atoms in total. The van der Waals surface area contributed by atoms with Gasteiger partial charge in [-0.3, -0.25) is 4.79 Å². The second-order valence-corrected chi connectivity index (χ2v) is 7.46. The van der Waals surface area contributed by atoms with E-state index in [-0.39, 0.29) is 5.92 Å². The molecule has 2 aliphatic carbocycles. The molecule has 0 aliphatic heterocycles. The number of rotatable bonds is 4.